The predicted molar refractivity (Wildman–Crippen MR) is 140 cm³/mol. The van der Waals surface area contributed by atoms with Gasteiger partial charge in [-0.2, -0.15) is 0 Å². The van der Waals surface area contributed by atoms with Crippen molar-refractivity contribution in [1.29, 1.82) is 0 Å². The molecule has 6 heteroatoms. The van der Waals surface area contributed by atoms with Crippen molar-refractivity contribution in [2.75, 3.05) is 0 Å². The molecule has 2 atom stereocenters. The summed E-state index contributed by atoms with van der Waals surface area (Å²) in [5.41, 5.74) is -1.25. The largest absolute Gasteiger partial charge is 0.405 e. The molecule has 0 spiro atoms. The van der Waals surface area contributed by atoms with Gasteiger partial charge in [0.2, 0.25) is 0 Å². The van der Waals surface area contributed by atoms with E-state index in [0.717, 1.165) is 0 Å². The van der Waals surface area contributed by atoms with E-state index in [1.807, 2.05) is 13.8 Å². The molecule has 0 aliphatic carbocycles. The van der Waals surface area contributed by atoms with E-state index >= 15 is 0 Å². The van der Waals surface area contributed by atoms with Crippen LogP contribution in [0, 0.1) is 0 Å². The standard InChI is InChI=1S/C26H42O4Si2/c1-11-13-19-25(3,29-31(5,6)7)23(27)21-17-15-16-18-22(21)24(28)26(4,20-14-12-2)30-32(8,9)10/h11-12,15-18H,1-2,13-14,19-20H2,3-10H3. The summed E-state index contributed by atoms with van der Waals surface area (Å²) in [5.74, 6) is -0.324. The zero-order chi connectivity index (χ0) is 24.8. The summed E-state index contributed by atoms with van der Waals surface area (Å²) >= 11 is 0. The molecule has 32 heavy (non-hydrogen) atoms. The third-order valence-electron chi connectivity index (χ3n) is 5.09. The molecule has 0 saturated heterocycles. The average Bonchev–Trinajstić information content (AvgIpc) is 2.67. The second-order valence-corrected chi connectivity index (χ2v) is 19.6. The van der Waals surface area contributed by atoms with Crippen molar-refractivity contribution in [3.8, 4) is 0 Å². The number of benzene rings is 1. The van der Waals surface area contributed by atoms with Gasteiger partial charge in [-0.3, -0.25) is 9.59 Å². The van der Waals surface area contributed by atoms with Gasteiger partial charge in [-0.15, -0.1) is 13.2 Å². The fourth-order valence-electron chi connectivity index (χ4n) is 3.98. The molecule has 0 saturated carbocycles. The van der Waals surface area contributed by atoms with Crippen molar-refractivity contribution >= 4 is 28.2 Å². The molecule has 4 nitrogen and oxygen atoms in total. The van der Waals surface area contributed by atoms with Crippen molar-refractivity contribution in [3.63, 3.8) is 0 Å². The van der Waals surface area contributed by atoms with Crippen LogP contribution in [0.25, 0.3) is 0 Å². The van der Waals surface area contributed by atoms with Crippen molar-refractivity contribution < 1.29 is 18.4 Å². The molecular weight excluding hydrogens is 432 g/mol. The Balaban J connectivity index is 3.53. The van der Waals surface area contributed by atoms with E-state index in [1.54, 1.807) is 36.4 Å². The fraction of sp³-hybridized carbons (Fsp3) is 0.538. The molecule has 0 aliphatic heterocycles. The number of Topliss-reactive ketones (excluding diaryl/α,β-unsaturated/α-hetero) is 2. The number of carbonyl (C=O) groups is 2. The first-order valence-corrected chi connectivity index (χ1v) is 18.2. The Morgan fingerprint density at radius 3 is 1.34 bits per heavy atom. The van der Waals surface area contributed by atoms with Crippen molar-refractivity contribution in [1.82, 2.24) is 0 Å². The second-order valence-electron chi connectivity index (χ2n) is 10.7. The minimum Gasteiger partial charge on any atom is -0.405 e. The van der Waals surface area contributed by atoms with Gasteiger partial charge in [0, 0.05) is 11.1 Å². The van der Waals surface area contributed by atoms with Crippen LogP contribution in [-0.4, -0.2) is 39.4 Å². The molecule has 0 aromatic heterocycles. The molecular formula is C26H42O4Si2. The van der Waals surface area contributed by atoms with E-state index in [0.29, 0.717) is 36.8 Å². The summed E-state index contributed by atoms with van der Waals surface area (Å²) in [6.07, 6.45) is 5.92. The highest BCUT2D eigenvalue weighted by molar-refractivity contribution is 6.70. The molecule has 0 heterocycles. The molecule has 0 aliphatic rings. The molecule has 0 amide bonds. The van der Waals surface area contributed by atoms with Gasteiger partial charge in [-0.25, -0.2) is 0 Å². The Bertz CT molecular complexity index is 766. The van der Waals surface area contributed by atoms with Crippen LogP contribution in [0.15, 0.2) is 49.6 Å². The van der Waals surface area contributed by atoms with Gasteiger partial charge in [0.1, 0.15) is 11.2 Å². The Morgan fingerprint density at radius 1 is 0.781 bits per heavy atom. The number of hydrogen-bond acceptors (Lipinski definition) is 4. The number of carbonyl (C=O) groups excluding carboxylic acids is 2. The summed E-state index contributed by atoms with van der Waals surface area (Å²) in [5, 5.41) is 0. The third-order valence-corrected chi connectivity index (χ3v) is 7.22. The molecule has 1 aromatic carbocycles. The van der Waals surface area contributed by atoms with Gasteiger partial charge in [0.15, 0.2) is 28.2 Å². The Labute approximate surface area is 197 Å². The molecule has 1 rings (SSSR count). The van der Waals surface area contributed by atoms with Gasteiger partial charge < -0.3 is 8.85 Å². The number of ketones is 2. The van der Waals surface area contributed by atoms with E-state index < -0.39 is 27.8 Å². The minimum absolute atomic E-state index is 0.162. The van der Waals surface area contributed by atoms with E-state index in [-0.39, 0.29) is 11.6 Å². The maximum absolute atomic E-state index is 13.9. The predicted octanol–water partition coefficient (Wildman–Crippen LogP) is 7.20. The summed E-state index contributed by atoms with van der Waals surface area (Å²) in [4.78, 5) is 27.7. The first kappa shape index (κ1) is 28.4. The van der Waals surface area contributed by atoms with E-state index in [4.69, 9.17) is 8.85 Å². The van der Waals surface area contributed by atoms with Crippen LogP contribution in [0.5, 0.6) is 0 Å². The zero-order valence-corrected chi connectivity index (χ0v) is 23.3. The van der Waals surface area contributed by atoms with Gasteiger partial charge in [-0.05, 0) is 78.8 Å². The fourth-order valence-corrected chi connectivity index (χ4v) is 7.07. The quantitative estimate of drug-likeness (QED) is 0.162. The Kier molecular flexibility index (Phi) is 9.78. The Morgan fingerprint density at radius 2 is 1.09 bits per heavy atom. The topological polar surface area (TPSA) is 52.6 Å². The average molecular weight is 475 g/mol. The highest BCUT2D eigenvalue weighted by atomic mass is 28.4. The monoisotopic (exact) mass is 474 g/mol. The second kappa shape index (κ2) is 11.0. The van der Waals surface area contributed by atoms with Gasteiger partial charge in [-0.1, -0.05) is 36.4 Å². The molecule has 178 valence electrons. The van der Waals surface area contributed by atoms with Crippen molar-refractivity contribution in [3.05, 3.63) is 60.7 Å². The number of rotatable bonds is 14. The Hall–Kier alpha value is -1.61. The SMILES string of the molecule is C=CCCC(C)(O[Si](C)(C)C)C(=O)c1ccccc1C(=O)C(C)(CCC=C)O[Si](C)(C)C. The van der Waals surface area contributed by atoms with Gasteiger partial charge >= 0.3 is 0 Å². The van der Waals surface area contributed by atoms with Gasteiger partial charge in [0.25, 0.3) is 0 Å². The van der Waals surface area contributed by atoms with Crippen LogP contribution in [0.1, 0.15) is 60.2 Å². The number of allylic oxidation sites excluding steroid dienone is 2. The molecule has 2 unspecified atom stereocenters. The number of hydrogen-bond donors (Lipinski definition) is 0. The molecule has 0 radical (unpaired) electrons. The zero-order valence-electron chi connectivity index (χ0n) is 21.3. The van der Waals surface area contributed by atoms with Crippen LogP contribution in [-0.2, 0) is 8.85 Å². The summed E-state index contributed by atoms with van der Waals surface area (Å²) < 4.78 is 12.8. The van der Waals surface area contributed by atoms with Crippen LogP contribution in [0.3, 0.4) is 0 Å². The van der Waals surface area contributed by atoms with Crippen LogP contribution >= 0.6 is 0 Å². The normalized spacial score (nSPS) is 16.0. The lowest BCUT2D eigenvalue weighted by Crippen LogP contribution is -2.49. The molecule has 1 aromatic rings. The first-order chi connectivity index (χ1) is 14.6. The van der Waals surface area contributed by atoms with Crippen LogP contribution in [0.4, 0.5) is 0 Å². The van der Waals surface area contributed by atoms with E-state index in [9.17, 15) is 9.59 Å². The summed E-state index contributed by atoms with van der Waals surface area (Å²) in [7, 11) is -4.08. The summed E-state index contributed by atoms with van der Waals surface area (Å²) in [6.45, 7) is 23.7. The minimum atomic E-state index is -2.04. The van der Waals surface area contributed by atoms with Crippen molar-refractivity contribution in [2.24, 2.45) is 0 Å². The lowest BCUT2D eigenvalue weighted by Gasteiger charge is -2.37. The van der Waals surface area contributed by atoms with Crippen LogP contribution in [0.2, 0.25) is 39.3 Å². The van der Waals surface area contributed by atoms with E-state index in [2.05, 4.69) is 52.4 Å². The molecule has 0 fully saturated rings. The van der Waals surface area contributed by atoms with E-state index in [1.165, 1.54) is 0 Å². The maximum atomic E-state index is 13.9. The molecule has 0 bridgehead atoms. The third kappa shape index (κ3) is 8.07. The van der Waals surface area contributed by atoms with Crippen LogP contribution < -0.4 is 0 Å². The summed E-state index contributed by atoms with van der Waals surface area (Å²) in [6, 6.07) is 7.06. The van der Waals surface area contributed by atoms with Gasteiger partial charge in [0.05, 0.1) is 0 Å². The lowest BCUT2D eigenvalue weighted by molar-refractivity contribution is 0.0426. The van der Waals surface area contributed by atoms with Crippen molar-refractivity contribution in [2.45, 2.75) is 90.0 Å². The maximum Gasteiger partial charge on any atom is 0.193 e. The first-order valence-electron chi connectivity index (χ1n) is 11.4. The molecule has 0 N–H and O–H groups in total. The smallest absolute Gasteiger partial charge is 0.193 e. The highest BCUT2D eigenvalue weighted by Crippen LogP contribution is 2.33. The lowest BCUT2D eigenvalue weighted by atomic mass is 9.83. The highest BCUT2D eigenvalue weighted by Gasteiger charge is 2.43.